The maximum Gasteiger partial charge on any atom is 0.243 e. The van der Waals surface area contributed by atoms with E-state index < -0.39 is 29.6 Å². The van der Waals surface area contributed by atoms with Crippen LogP contribution in [0.1, 0.15) is 38.8 Å². The second kappa shape index (κ2) is 11.7. The summed E-state index contributed by atoms with van der Waals surface area (Å²) < 4.78 is 27.1. The topological polar surface area (TPSA) is 100 Å². The Morgan fingerprint density at radius 2 is 1.70 bits per heavy atom. The van der Waals surface area contributed by atoms with Gasteiger partial charge in [-0.1, -0.05) is 26.0 Å². The van der Waals surface area contributed by atoms with Crippen molar-refractivity contribution in [2.45, 2.75) is 58.8 Å². The Morgan fingerprint density at radius 1 is 1.03 bits per heavy atom. The van der Waals surface area contributed by atoms with Crippen LogP contribution in [-0.4, -0.2) is 46.9 Å². The van der Waals surface area contributed by atoms with Crippen molar-refractivity contribution >= 4 is 17.6 Å². The molecule has 0 aliphatic heterocycles. The third kappa shape index (κ3) is 7.49. The van der Waals surface area contributed by atoms with Gasteiger partial charge in [-0.3, -0.25) is 14.5 Å². The highest BCUT2D eigenvalue weighted by Crippen LogP contribution is 2.15. The zero-order chi connectivity index (χ0) is 24.7. The molecule has 0 aliphatic rings. The van der Waals surface area contributed by atoms with Crippen molar-refractivity contribution in [3.8, 4) is 0 Å². The van der Waals surface area contributed by atoms with Crippen molar-refractivity contribution < 1.29 is 18.4 Å². The first-order valence-electron chi connectivity index (χ1n) is 10.9. The zero-order valence-electron chi connectivity index (χ0n) is 19.7. The van der Waals surface area contributed by atoms with Crippen molar-refractivity contribution in [3.63, 3.8) is 0 Å². The summed E-state index contributed by atoms with van der Waals surface area (Å²) in [6.45, 7) is 8.00. The lowest BCUT2D eigenvalue weighted by atomic mass is 9.99. The van der Waals surface area contributed by atoms with Gasteiger partial charge in [0.2, 0.25) is 11.8 Å². The number of rotatable bonds is 10. The van der Waals surface area contributed by atoms with Gasteiger partial charge < -0.3 is 16.4 Å². The first kappa shape index (κ1) is 26.2. The number of hydrogen-bond donors (Lipinski definition) is 3. The number of benzene rings is 1. The number of anilines is 1. The average Bonchev–Trinajstić information content (AvgIpc) is 2.74. The first-order valence-corrected chi connectivity index (χ1v) is 10.9. The predicted molar refractivity (Wildman–Crippen MR) is 124 cm³/mol. The Kier molecular flexibility index (Phi) is 9.28. The summed E-state index contributed by atoms with van der Waals surface area (Å²) in [6.07, 6.45) is 1.55. The Hall–Kier alpha value is -3.07. The van der Waals surface area contributed by atoms with Crippen LogP contribution in [0.25, 0.3) is 0 Å². The fourth-order valence-electron chi connectivity index (χ4n) is 3.50. The van der Waals surface area contributed by atoms with Gasteiger partial charge in [-0.2, -0.15) is 0 Å². The van der Waals surface area contributed by atoms with Crippen LogP contribution in [-0.2, 0) is 22.6 Å². The van der Waals surface area contributed by atoms with Gasteiger partial charge in [0, 0.05) is 25.2 Å². The summed E-state index contributed by atoms with van der Waals surface area (Å²) in [7, 11) is 1.85. The Morgan fingerprint density at radius 3 is 2.24 bits per heavy atom. The monoisotopic (exact) mass is 461 g/mol. The molecule has 2 aromatic rings. The molecule has 1 heterocycles. The van der Waals surface area contributed by atoms with Crippen molar-refractivity contribution in [3.05, 3.63) is 59.3 Å². The maximum absolute atomic E-state index is 13.7. The summed E-state index contributed by atoms with van der Waals surface area (Å²) in [4.78, 5) is 32.1. The molecule has 1 aromatic carbocycles. The molecule has 2 atom stereocenters. The summed E-state index contributed by atoms with van der Waals surface area (Å²) in [5.74, 6) is -2.38. The molecule has 0 spiro atoms. The van der Waals surface area contributed by atoms with Gasteiger partial charge in [0.05, 0.1) is 6.04 Å². The fraction of sp³-hybridized carbons (Fsp3) is 0.458. The highest BCUT2D eigenvalue weighted by atomic mass is 19.2. The number of pyridine rings is 1. The van der Waals surface area contributed by atoms with E-state index in [0.29, 0.717) is 11.4 Å². The van der Waals surface area contributed by atoms with Crippen LogP contribution in [0.4, 0.5) is 14.6 Å². The molecule has 7 nitrogen and oxygen atoms in total. The van der Waals surface area contributed by atoms with E-state index in [-0.39, 0.29) is 30.8 Å². The summed E-state index contributed by atoms with van der Waals surface area (Å²) >= 11 is 0. The normalized spacial score (nSPS) is 13.3. The second-order valence-electron chi connectivity index (χ2n) is 8.77. The number of hydrogen-bond acceptors (Lipinski definition) is 5. The number of nitrogens with zero attached hydrogens (tertiary/aromatic N) is 2. The molecule has 0 bridgehead atoms. The largest absolute Gasteiger partial charge is 0.384 e. The van der Waals surface area contributed by atoms with Crippen molar-refractivity contribution in [1.82, 2.24) is 20.5 Å². The van der Waals surface area contributed by atoms with Gasteiger partial charge in [-0.15, -0.1) is 0 Å². The Balaban J connectivity index is 2.22. The molecule has 0 aliphatic carbocycles. The molecule has 0 saturated heterocycles. The molecule has 0 radical (unpaired) electrons. The number of carbonyl (C=O) groups excluding carboxylic acids is 2. The predicted octanol–water partition coefficient (Wildman–Crippen LogP) is 2.65. The summed E-state index contributed by atoms with van der Waals surface area (Å²) in [5.41, 5.74) is 6.71. The highest BCUT2D eigenvalue weighted by molar-refractivity contribution is 5.90. The van der Waals surface area contributed by atoms with Gasteiger partial charge in [-0.05, 0) is 56.1 Å². The Bertz CT molecular complexity index is 950. The average molecular weight is 462 g/mol. The number of carbonyl (C=O) groups is 2. The molecular weight excluding hydrogens is 428 g/mol. The molecule has 1 aromatic heterocycles. The smallest absolute Gasteiger partial charge is 0.243 e. The number of nitrogens with two attached hydrogens (primary N) is 1. The molecule has 2 rings (SSSR count). The SMILES string of the molecule is CC(C)[C@@H](C(=O)N[C@@H](Cc1ccc(F)c(F)c1)C(=O)NCc1ccc(N)nc1)N(C)C(C)C. The molecule has 0 fully saturated rings. The maximum atomic E-state index is 13.7. The number of aromatic nitrogens is 1. The van der Waals surface area contributed by atoms with Crippen LogP contribution in [0.3, 0.4) is 0 Å². The van der Waals surface area contributed by atoms with Crippen molar-refractivity contribution in [1.29, 1.82) is 0 Å². The van der Waals surface area contributed by atoms with E-state index in [1.165, 1.54) is 6.07 Å². The van der Waals surface area contributed by atoms with E-state index >= 15 is 0 Å². The van der Waals surface area contributed by atoms with E-state index in [0.717, 1.165) is 17.7 Å². The van der Waals surface area contributed by atoms with Crippen LogP contribution in [0, 0.1) is 17.6 Å². The van der Waals surface area contributed by atoms with Crippen LogP contribution in [0.15, 0.2) is 36.5 Å². The van der Waals surface area contributed by atoms with E-state index in [4.69, 9.17) is 5.73 Å². The van der Waals surface area contributed by atoms with E-state index in [1.54, 1.807) is 18.3 Å². The number of likely N-dealkylation sites (N-methyl/N-ethyl adjacent to an activating group) is 1. The second-order valence-corrected chi connectivity index (χ2v) is 8.77. The van der Waals surface area contributed by atoms with Gasteiger partial charge >= 0.3 is 0 Å². The van der Waals surface area contributed by atoms with E-state index in [9.17, 15) is 18.4 Å². The molecule has 2 amide bonds. The number of halogens is 2. The lowest BCUT2D eigenvalue weighted by Crippen LogP contribution is -2.56. The van der Waals surface area contributed by atoms with E-state index in [2.05, 4.69) is 15.6 Å². The molecule has 0 unspecified atom stereocenters. The Labute approximate surface area is 193 Å². The van der Waals surface area contributed by atoms with Gasteiger partial charge in [0.1, 0.15) is 11.9 Å². The number of nitrogen functional groups attached to an aromatic ring is 1. The van der Waals surface area contributed by atoms with Crippen LogP contribution < -0.4 is 16.4 Å². The molecule has 180 valence electrons. The standard InChI is InChI=1S/C24H33F2N5O2/c1-14(2)22(31(5)15(3)4)24(33)30-20(11-16-6-8-18(25)19(26)10-16)23(32)29-13-17-7-9-21(27)28-12-17/h6-10,12,14-15,20,22H,11,13H2,1-5H3,(H2,27,28)(H,29,32)(H,30,33)/t20-,22-/m0/s1. The van der Waals surface area contributed by atoms with Crippen molar-refractivity contribution in [2.24, 2.45) is 5.92 Å². The minimum absolute atomic E-state index is 0.00493. The minimum Gasteiger partial charge on any atom is -0.384 e. The summed E-state index contributed by atoms with van der Waals surface area (Å²) in [5, 5.41) is 5.59. The molecule has 9 heteroatoms. The molecule has 33 heavy (non-hydrogen) atoms. The van der Waals surface area contributed by atoms with Crippen LogP contribution in [0.2, 0.25) is 0 Å². The lowest BCUT2D eigenvalue weighted by molar-refractivity contribution is -0.133. The lowest BCUT2D eigenvalue weighted by Gasteiger charge is -2.34. The van der Waals surface area contributed by atoms with Gasteiger partial charge in [0.25, 0.3) is 0 Å². The summed E-state index contributed by atoms with van der Waals surface area (Å²) in [6, 6.07) is 5.46. The third-order valence-corrected chi connectivity index (χ3v) is 5.52. The molecule has 4 N–H and O–H groups in total. The van der Waals surface area contributed by atoms with Crippen LogP contribution >= 0.6 is 0 Å². The zero-order valence-corrected chi connectivity index (χ0v) is 19.7. The molecule has 0 saturated carbocycles. The third-order valence-electron chi connectivity index (χ3n) is 5.52. The van der Waals surface area contributed by atoms with Gasteiger partial charge in [0.15, 0.2) is 11.6 Å². The quantitative estimate of drug-likeness (QED) is 0.505. The fourth-order valence-corrected chi connectivity index (χ4v) is 3.50. The number of amides is 2. The number of nitrogens with one attached hydrogen (secondary N) is 2. The van der Waals surface area contributed by atoms with Gasteiger partial charge in [-0.25, -0.2) is 13.8 Å². The van der Waals surface area contributed by atoms with Crippen LogP contribution in [0.5, 0.6) is 0 Å². The minimum atomic E-state index is -1.01. The van der Waals surface area contributed by atoms with Crippen molar-refractivity contribution in [2.75, 3.05) is 12.8 Å². The highest BCUT2D eigenvalue weighted by Gasteiger charge is 2.31. The van der Waals surface area contributed by atoms with E-state index in [1.807, 2.05) is 39.6 Å². The molecular formula is C24H33F2N5O2. The first-order chi connectivity index (χ1) is 15.5.